The number of ether oxygens (including phenoxy) is 1. The number of anilines is 1. The van der Waals surface area contributed by atoms with Crippen LogP contribution >= 0.6 is 0 Å². The van der Waals surface area contributed by atoms with Gasteiger partial charge in [-0.25, -0.2) is 0 Å². The number of nitrogens with one attached hydrogen (secondary N) is 1. The smallest absolute Gasteiger partial charge is 0.273 e. The number of rotatable bonds is 5. The molecule has 22 heavy (non-hydrogen) atoms. The van der Waals surface area contributed by atoms with Gasteiger partial charge in [-0.05, 0) is 44.2 Å². The van der Waals surface area contributed by atoms with Gasteiger partial charge in [-0.2, -0.15) is 0 Å². The largest absolute Gasteiger partial charge is 0.494 e. The van der Waals surface area contributed by atoms with Gasteiger partial charge in [-0.15, -0.1) is 0 Å². The van der Waals surface area contributed by atoms with Crippen LogP contribution in [0.1, 0.15) is 22.8 Å². The Morgan fingerprint density at radius 1 is 1.23 bits per heavy atom. The zero-order valence-electron chi connectivity index (χ0n) is 12.3. The Bertz CT molecular complexity index is 696. The maximum absolute atomic E-state index is 12.1. The maximum Gasteiger partial charge on any atom is 0.273 e. The summed E-state index contributed by atoms with van der Waals surface area (Å²) < 4.78 is 5.32. The van der Waals surface area contributed by atoms with Gasteiger partial charge in [0.15, 0.2) is 0 Å². The van der Waals surface area contributed by atoms with Crippen LogP contribution in [-0.4, -0.2) is 17.4 Å². The summed E-state index contributed by atoms with van der Waals surface area (Å²) in [6.45, 7) is 4.09. The van der Waals surface area contributed by atoms with Gasteiger partial charge in [0, 0.05) is 22.9 Å². The summed E-state index contributed by atoms with van der Waals surface area (Å²) in [6, 6.07) is 11.3. The van der Waals surface area contributed by atoms with E-state index in [0.717, 1.165) is 0 Å². The number of nitro benzene ring substituents is 1. The predicted octanol–water partition coefficient (Wildman–Crippen LogP) is 3.55. The van der Waals surface area contributed by atoms with Gasteiger partial charge < -0.3 is 10.1 Å². The molecule has 0 spiro atoms. The topological polar surface area (TPSA) is 81.5 Å². The molecule has 0 saturated heterocycles. The zero-order valence-corrected chi connectivity index (χ0v) is 12.3. The summed E-state index contributed by atoms with van der Waals surface area (Å²) in [6.07, 6.45) is 0. The second-order valence-electron chi connectivity index (χ2n) is 4.67. The van der Waals surface area contributed by atoms with Crippen LogP contribution in [0.15, 0.2) is 42.5 Å². The normalized spacial score (nSPS) is 10.1. The highest BCUT2D eigenvalue weighted by Gasteiger charge is 2.15. The van der Waals surface area contributed by atoms with E-state index in [-0.39, 0.29) is 11.3 Å². The summed E-state index contributed by atoms with van der Waals surface area (Å²) in [5, 5.41) is 13.6. The molecular formula is C16H16N2O4. The number of hydrogen-bond acceptors (Lipinski definition) is 4. The molecule has 6 heteroatoms. The van der Waals surface area contributed by atoms with Crippen LogP contribution in [0, 0.1) is 17.0 Å². The van der Waals surface area contributed by atoms with Crippen LogP contribution < -0.4 is 10.1 Å². The number of aryl methyl sites for hydroxylation is 1. The van der Waals surface area contributed by atoms with E-state index in [4.69, 9.17) is 4.74 Å². The highest BCUT2D eigenvalue weighted by molar-refractivity contribution is 6.04. The Kier molecular flexibility index (Phi) is 4.73. The van der Waals surface area contributed by atoms with Gasteiger partial charge in [0.1, 0.15) is 5.75 Å². The molecule has 0 bridgehead atoms. The molecule has 2 rings (SSSR count). The highest BCUT2D eigenvalue weighted by atomic mass is 16.6. The Hall–Kier alpha value is -2.89. The van der Waals surface area contributed by atoms with Crippen molar-refractivity contribution in [2.45, 2.75) is 13.8 Å². The zero-order chi connectivity index (χ0) is 16.1. The van der Waals surface area contributed by atoms with Crippen molar-refractivity contribution in [3.8, 4) is 5.75 Å². The lowest BCUT2D eigenvalue weighted by atomic mass is 10.1. The third kappa shape index (κ3) is 3.60. The third-order valence-corrected chi connectivity index (χ3v) is 3.09. The minimum atomic E-state index is -0.497. The van der Waals surface area contributed by atoms with Gasteiger partial charge in [0.25, 0.3) is 11.6 Å². The molecule has 0 aliphatic heterocycles. The minimum absolute atomic E-state index is 0.0701. The fourth-order valence-electron chi connectivity index (χ4n) is 1.95. The molecule has 0 aliphatic rings. The predicted molar refractivity (Wildman–Crippen MR) is 83.4 cm³/mol. The van der Waals surface area contributed by atoms with Crippen LogP contribution in [0.5, 0.6) is 5.75 Å². The minimum Gasteiger partial charge on any atom is -0.494 e. The molecule has 2 aromatic rings. The summed E-state index contributed by atoms with van der Waals surface area (Å²) >= 11 is 0. The van der Waals surface area contributed by atoms with Crippen molar-refractivity contribution in [1.29, 1.82) is 0 Å². The van der Waals surface area contributed by atoms with Gasteiger partial charge >= 0.3 is 0 Å². The molecule has 0 radical (unpaired) electrons. The van der Waals surface area contributed by atoms with Crippen molar-refractivity contribution in [2.24, 2.45) is 0 Å². The molecule has 0 aromatic heterocycles. The molecule has 0 atom stereocenters. The molecule has 0 heterocycles. The Balaban J connectivity index is 2.15. The van der Waals surface area contributed by atoms with E-state index in [1.54, 1.807) is 43.3 Å². The van der Waals surface area contributed by atoms with Crippen LogP contribution in [0.2, 0.25) is 0 Å². The fraction of sp³-hybridized carbons (Fsp3) is 0.188. The number of nitro groups is 1. The average molecular weight is 300 g/mol. The van der Waals surface area contributed by atoms with Gasteiger partial charge in [-0.3, -0.25) is 14.9 Å². The molecular weight excluding hydrogens is 284 g/mol. The lowest BCUT2D eigenvalue weighted by Crippen LogP contribution is -2.12. The molecule has 0 unspecified atom stereocenters. The summed E-state index contributed by atoms with van der Waals surface area (Å²) in [5.74, 6) is 0.318. The van der Waals surface area contributed by atoms with E-state index < -0.39 is 10.8 Å². The van der Waals surface area contributed by atoms with E-state index in [0.29, 0.717) is 23.6 Å². The highest BCUT2D eigenvalue weighted by Crippen LogP contribution is 2.21. The first-order valence-corrected chi connectivity index (χ1v) is 6.80. The monoisotopic (exact) mass is 300 g/mol. The van der Waals surface area contributed by atoms with Gasteiger partial charge in [0.05, 0.1) is 11.5 Å². The average Bonchev–Trinajstić information content (AvgIpc) is 2.49. The van der Waals surface area contributed by atoms with E-state index in [1.807, 2.05) is 6.92 Å². The number of hydrogen-bond donors (Lipinski definition) is 1. The molecule has 0 fully saturated rings. The molecule has 6 nitrogen and oxygen atoms in total. The van der Waals surface area contributed by atoms with E-state index in [2.05, 4.69) is 5.32 Å². The van der Waals surface area contributed by atoms with Crippen molar-refractivity contribution in [3.63, 3.8) is 0 Å². The number of carbonyl (C=O) groups excluding carboxylic acids is 1. The maximum atomic E-state index is 12.1. The van der Waals surface area contributed by atoms with Crippen LogP contribution in [0.4, 0.5) is 11.4 Å². The van der Waals surface area contributed by atoms with E-state index in [1.165, 1.54) is 6.07 Å². The standard InChI is InChI=1S/C16H16N2O4/c1-3-22-14-8-6-13(7-9-14)17-16(19)12-5-4-11(2)15(10-12)18(20)21/h4-10H,3H2,1-2H3,(H,17,19). The Morgan fingerprint density at radius 2 is 1.91 bits per heavy atom. The fourth-order valence-corrected chi connectivity index (χ4v) is 1.95. The molecule has 0 aliphatic carbocycles. The molecule has 114 valence electrons. The van der Waals surface area contributed by atoms with Gasteiger partial charge in [-0.1, -0.05) is 6.07 Å². The van der Waals surface area contributed by atoms with E-state index >= 15 is 0 Å². The number of nitrogens with zero attached hydrogens (tertiary/aromatic N) is 1. The molecule has 1 amide bonds. The van der Waals surface area contributed by atoms with Crippen LogP contribution in [-0.2, 0) is 0 Å². The third-order valence-electron chi connectivity index (χ3n) is 3.09. The van der Waals surface area contributed by atoms with Crippen molar-refractivity contribution in [3.05, 3.63) is 63.7 Å². The molecule has 1 N–H and O–H groups in total. The number of amides is 1. The first-order valence-electron chi connectivity index (χ1n) is 6.80. The van der Waals surface area contributed by atoms with Crippen molar-refractivity contribution in [1.82, 2.24) is 0 Å². The summed E-state index contributed by atoms with van der Waals surface area (Å²) in [5.41, 5.74) is 1.28. The Labute approximate surface area is 127 Å². The summed E-state index contributed by atoms with van der Waals surface area (Å²) in [7, 11) is 0. The number of benzene rings is 2. The van der Waals surface area contributed by atoms with Crippen molar-refractivity contribution >= 4 is 17.3 Å². The van der Waals surface area contributed by atoms with Crippen LogP contribution in [0.25, 0.3) is 0 Å². The lowest BCUT2D eigenvalue weighted by molar-refractivity contribution is -0.385. The van der Waals surface area contributed by atoms with E-state index in [9.17, 15) is 14.9 Å². The van der Waals surface area contributed by atoms with Crippen molar-refractivity contribution in [2.75, 3.05) is 11.9 Å². The quantitative estimate of drug-likeness (QED) is 0.676. The Morgan fingerprint density at radius 3 is 2.50 bits per heavy atom. The second-order valence-corrected chi connectivity index (χ2v) is 4.67. The van der Waals surface area contributed by atoms with Crippen molar-refractivity contribution < 1.29 is 14.5 Å². The molecule has 2 aromatic carbocycles. The first kappa shape index (κ1) is 15.5. The lowest BCUT2D eigenvalue weighted by Gasteiger charge is -2.07. The van der Waals surface area contributed by atoms with Gasteiger partial charge in [0.2, 0.25) is 0 Å². The SMILES string of the molecule is CCOc1ccc(NC(=O)c2ccc(C)c([N+](=O)[O-])c2)cc1. The summed E-state index contributed by atoms with van der Waals surface area (Å²) in [4.78, 5) is 22.6. The van der Waals surface area contributed by atoms with Crippen LogP contribution in [0.3, 0.4) is 0 Å². The number of carbonyl (C=O) groups is 1. The second kappa shape index (κ2) is 6.71. The molecule has 0 saturated carbocycles. The first-order chi connectivity index (χ1) is 10.5.